The van der Waals surface area contributed by atoms with Crippen molar-refractivity contribution in [2.24, 2.45) is 0 Å². The molecule has 0 aromatic heterocycles. The van der Waals surface area contributed by atoms with E-state index in [4.69, 9.17) is 4.74 Å². The molecule has 0 saturated heterocycles. The number of carbonyl (C=O) groups excluding carboxylic acids is 1. The van der Waals surface area contributed by atoms with E-state index in [1.165, 1.54) is 18.2 Å². The van der Waals surface area contributed by atoms with E-state index in [2.05, 4.69) is 21.2 Å². The van der Waals surface area contributed by atoms with Crippen molar-refractivity contribution in [1.82, 2.24) is 5.32 Å². The number of ether oxygens (including phenoxy) is 1. The maximum Gasteiger partial charge on any atom is 0.252 e. The molecular weight excluding hydrogens is 277 g/mol. The van der Waals surface area contributed by atoms with Crippen molar-refractivity contribution >= 4 is 21.8 Å². The van der Waals surface area contributed by atoms with Gasteiger partial charge in [0, 0.05) is 17.6 Å². The third-order valence-corrected chi connectivity index (χ3v) is 2.66. The SMILES string of the molecule is COC[C@H](C)NC(=O)c1cc(F)ccc1Br. The predicted octanol–water partition coefficient (Wildman–Crippen LogP) is 2.35. The molecule has 0 fully saturated rings. The van der Waals surface area contributed by atoms with Gasteiger partial charge in [-0.1, -0.05) is 0 Å². The van der Waals surface area contributed by atoms with Crippen molar-refractivity contribution in [3.8, 4) is 0 Å². The Morgan fingerprint density at radius 1 is 1.62 bits per heavy atom. The van der Waals surface area contributed by atoms with Crippen LogP contribution in [0.4, 0.5) is 4.39 Å². The molecular formula is C11H13BrFNO2. The van der Waals surface area contributed by atoms with Gasteiger partial charge in [-0.15, -0.1) is 0 Å². The van der Waals surface area contributed by atoms with Gasteiger partial charge in [-0.25, -0.2) is 4.39 Å². The zero-order valence-electron chi connectivity index (χ0n) is 9.09. The molecule has 1 aromatic carbocycles. The Hall–Kier alpha value is -0.940. The zero-order valence-corrected chi connectivity index (χ0v) is 10.7. The number of halogens is 2. The van der Waals surface area contributed by atoms with Gasteiger partial charge in [-0.2, -0.15) is 0 Å². The molecule has 0 aliphatic carbocycles. The van der Waals surface area contributed by atoms with E-state index in [-0.39, 0.29) is 17.5 Å². The molecule has 1 N–H and O–H groups in total. The number of nitrogens with one attached hydrogen (secondary N) is 1. The fourth-order valence-electron chi connectivity index (χ4n) is 1.26. The standard InChI is InChI=1S/C11H13BrFNO2/c1-7(6-16-2)14-11(15)9-5-8(13)3-4-10(9)12/h3-5,7H,6H2,1-2H3,(H,14,15)/t7-/m0/s1. The van der Waals surface area contributed by atoms with Crippen LogP contribution in [0, 0.1) is 5.82 Å². The Kier molecular flexibility index (Phi) is 4.89. The molecule has 16 heavy (non-hydrogen) atoms. The number of amides is 1. The van der Waals surface area contributed by atoms with Gasteiger partial charge < -0.3 is 10.1 Å². The molecule has 0 aliphatic heterocycles. The van der Waals surface area contributed by atoms with Crippen LogP contribution >= 0.6 is 15.9 Å². The van der Waals surface area contributed by atoms with Gasteiger partial charge in [0.05, 0.1) is 12.2 Å². The van der Waals surface area contributed by atoms with Crippen LogP contribution in [-0.4, -0.2) is 25.7 Å². The van der Waals surface area contributed by atoms with Crippen molar-refractivity contribution < 1.29 is 13.9 Å². The van der Waals surface area contributed by atoms with Gasteiger partial charge in [-0.05, 0) is 41.1 Å². The third kappa shape index (κ3) is 3.57. The molecule has 0 spiro atoms. The highest BCUT2D eigenvalue weighted by molar-refractivity contribution is 9.10. The van der Waals surface area contributed by atoms with Crippen LogP contribution in [0.2, 0.25) is 0 Å². The Labute approximate surface area is 102 Å². The quantitative estimate of drug-likeness (QED) is 0.924. The largest absolute Gasteiger partial charge is 0.383 e. The number of hydrogen-bond acceptors (Lipinski definition) is 2. The molecule has 0 heterocycles. The second-order valence-electron chi connectivity index (χ2n) is 3.45. The van der Waals surface area contributed by atoms with Gasteiger partial charge in [0.1, 0.15) is 5.82 Å². The van der Waals surface area contributed by atoms with Crippen molar-refractivity contribution in [1.29, 1.82) is 0 Å². The molecule has 1 aromatic rings. The Morgan fingerprint density at radius 2 is 2.31 bits per heavy atom. The van der Waals surface area contributed by atoms with Gasteiger partial charge in [0.15, 0.2) is 0 Å². The lowest BCUT2D eigenvalue weighted by atomic mass is 10.2. The molecule has 1 atom stereocenters. The smallest absolute Gasteiger partial charge is 0.252 e. The lowest BCUT2D eigenvalue weighted by Crippen LogP contribution is -2.35. The summed E-state index contributed by atoms with van der Waals surface area (Å²) in [5, 5.41) is 2.70. The first-order valence-corrected chi connectivity index (χ1v) is 5.58. The normalized spacial score (nSPS) is 12.2. The van der Waals surface area contributed by atoms with Gasteiger partial charge in [-0.3, -0.25) is 4.79 Å². The summed E-state index contributed by atoms with van der Waals surface area (Å²) in [4.78, 5) is 11.7. The highest BCUT2D eigenvalue weighted by Crippen LogP contribution is 2.17. The minimum absolute atomic E-state index is 0.118. The highest BCUT2D eigenvalue weighted by Gasteiger charge is 2.13. The average Bonchev–Trinajstić information content (AvgIpc) is 2.21. The predicted molar refractivity (Wildman–Crippen MR) is 62.9 cm³/mol. The fourth-order valence-corrected chi connectivity index (χ4v) is 1.69. The maximum atomic E-state index is 13.0. The van der Waals surface area contributed by atoms with Gasteiger partial charge >= 0.3 is 0 Å². The Balaban J connectivity index is 2.76. The lowest BCUT2D eigenvalue weighted by Gasteiger charge is -2.13. The summed E-state index contributed by atoms with van der Waals surface area (Å²) in [5.41, 5.74) is 0.281. The van der Waals surface area contributed by atoms with Crippen LogP contribution < -0.4 is 5.32 Å². The first-order chi connectivity index (χ1) is 7.54. The molecule has 0 bridgehead atoms. The average molecular weight is 290 g/mol. The van der Waals surface area contributed by atoms with E-state index in [0.29, 0.717) is 11.1 Å². The van der Waals surface area contributed by atoms with E-state index in [0.717, 1.165) is 0 Å². The summed E-state index contributed by atoms with van der Waals surface area (Å²) < 4.78 is 18.4. The zero-order chi connectivity index (χ0) is 12.1. The van der Waals surface area contributed by atoms with Crippen molar-refractivity contribution in [2.75, 3.05) is 13.7 Å². The first-order valence-electron chi connectivity index (χ1n) is 4.79. The third-order valence-electron chi connectivity index (χ3n) is 1.97. The van der Waals surface area contributed by atoms with Crippen molar-refractivity contribution in [3.05, 3.63) is 34.1 Å². The molecule has 3 nitrogen and oxygen atoms in total. The van der Waals surface area contributed by atoms with Crippen LogP contribution in [0.3, 0.4) is 0 Å². The van der Waals surface area contributed by atoms with E-state index in [1.807, 2.05) is 6.92 Å². The fraction of sp³-hybridized carbons (Fsp3) is 0.364. The molecule has 0 radical (unpaired) electrons. The summed E-state index contributed by atoms with van der Waals surface area (Å²) in [7, 11) is 1.56. The van der Waals surface area contributed by atoms with Crippen LogP contribution in [0.15, 0.2) is 22.7 Å². The number of methoxy groups -OCH3 is 1. The Bertz CT molecular complexity index is 384. The van der Waals surface area contributed by atoms with E-state index >= 15 is 0 Å². The number of carbonyl (C=O) groups is 1. The van der Waals surface area contributed by atoms with Crippen LogP contribution in [0.25, 0.3) is 0 Å². The number of hydrogen-bond donors (Lipinski definition) is 1. The Morgan fingerprint density at radius 3 is 2.94 bits per heavy atom. The number of benzene rings is 1. The summed E-state index contributed by atoms with van der Waals surface area (Å²) in [6, 6.07) is 3.87. The second kappa shape index (κ2) is 5.96. The molecule has 0 unspecified atom stereocenters. The number of rotatable bonds is 4. The van der Waals surface area contributed by atoms with Gasteiger partial charge in [0.25, 0.3) is 5.91 Å². The van der Waals surface area contributed by atoms with Crippen molar-refractivity contribution in [3.63, 3.8) is 0 Å². The first kappa shape index (κ1) is 13.1. The summed E-state index contributed by atoms with van der Waals surface area (Å²) in [6.45, 7) is 2.23. The van der Waals surface area contributed by atoms with Crippen molar-refractivity contribution in [2.45, 2.75) is 13.0 Å². The molecule has 0 saturated carbocycles. The molecule has 88 valence electrons. The molecule has 5 heteroatoms. The highest BCUT2D eigenvalue weighted by atomic mass is 79.9. The van der Waals surface area contributed by atoms with Crippen LogP contribution in [0.5, 0.6) is 0 Å². The monoisotopic (exact) mass is 289 g/mol. The van der Waals surface area contributed by atoms with Crippen LogP contribution in [-0.2, 0) is 4.74 Å². The lowest BCUT2D eigenvalue weighted by molar-refractivity contribution is 0.0904. The van der Waals surface area contributed by atoms with E-state index in [1.54, 1.807) is 7.11 Å². The summed E-state index contributed by atoms with van der Waals surface area (Å²) in [6.07, 6.45) is 0. The second-order valence-corrected chi connectivity index (χ2v) is 4.31. The van der Waals surface area contributed by atoms with Gasteiger partial charge in [0.2, 0.25) is 0 Å². The minimum atomic E-state index is -0.437. The van der Waals surface area contributed by atoms with E-state index < -0.39 is 5.82 Å². The topological polar surface area (TPSA) is 38.3 Å². The molecule has 1 amide bonds. The maximum absolute atomic E-state index is 13.0. The van der Waals surface area contributed by atoms with Crippen LogP contribution in [0.1, 0.15) is 17.3 Å². The summed E-state index contributed by atoms with van der Waals surface area (Å²) in [5.74, 6) is -0.760. The molecule has 0 aliphatic rings. The molecule has 1 rings (SSSR count). The summed E-state index contributed by atoms with van der Waals surface area (Å²) >= 11 is 3.20. The minimum Gasteiger partial charge on any atom is -0.383 e. The van der Waals surface area contributed by atoms with E-state index in [9.17, 15) is 9.18 Å².